The molecule has 2 amide bonds. The first-order valence-electron chi connectivity index (χ1n) is 9.44. The number of aliphatic carboxylic acids is 1. The van der Waals surface area contributed by atoms with Gasteiger partial charge in [0.2, 0.25) is 0 Å². The second-order valence-electron chi connectivity index (χ2n) is 6.50. The predicted molar refractivity (Wildman–Crippen MR) is 115 cm³/mol. The summed E-state index contributed by atoms with van der Waals surface area (Å²) >= 11 is 0. The van der Waals surface area contributed by atoms with E-state index in [-0.39, 0.29) is 0 Å². The number of benzene rings is 2. The minimum atomic E-state index is -1.06. The number of ether oxygens (including phenoxy) is 1. The Balaban J connectivity index is 1.89. The van der Waals surface area contributed by atoms with Gasteiger partial charge >= 0.3 is 12.0 Å². The standard InChI is InChI=1S/C22H27N3O4/c1-29-19-13-9-17(10-14-19)6-5-16-7-11-18(12-8-16)24-22(28)25-20(21(26)27)4-2-3-15-23/h5-14,20H,2-4,15,23H2,1H3,(H,26,27)(H2,24,25,28)/t20-/m0/s1. The molecule has 0 fully saturated rings. The highest BCUT2D eigenvalue weighted by atomic mass is 16.5. The van der Waals surface area contributed by atoms with Crippen molar-refractivity contribution in [1.82, 2.24) is 5.32 Å². The average molecular weight is 397 g/mol. The summed E-state index contributed by atoms with van der Waals surface area (Å²) in [5.74, 6) is -0.253. The molecule has 154 valence electrons. The van der Waals surface area contributed by atoms with Crippen molar-refractivity contribution in [3.8, 4) is 5.75 Å². The lowest BCUT2D eigenvalue weighted by Gasteiger charge is -2.15. The largest absolute Gasteiger partial charge is 0.497 e. The zero-order chi connectivity index (χ0) is 21.1. The first-order valence-corrected chi connectivity index (χ1v) is 9.44. The van der Waals surface area contributed by atoms with E-state index in [0.717, 1.165) is 23.3 Å². The van der Waals surface area contributed by atoms with Crippen molar-refractivity contribution >= 4 is 29.8 Å². The van der Waals surface area contributed by atoms with E-state index < -0.39 is 18.0 Å². The minimum Gasteiger partial charge on any atom is -0.497 e. The maximum absolute atomic E-state index is 12.1. The van der Waals surface area contributed by atoms with Crippen molar-refractivity contribution in [3.63, 3.8) is 0 Å². The number of carboxylic acid groups (broad SMARTS) is 1. The number of nitrogens with one attached hydrogen (secondary N) is 2. The second kappa shape index (κ2) is 11.5. The van der Waals surface area contributed by atoms with Gasteiger partial charge in [-0.1, -0.05) is 36.4 Å². The van der Waals surface area contributed by atoms with Gasteiger partial charge in [0.1, 0.15) is 11.8 Å². The van der Waals surface area contributed by atoms with Crippen LogP contribution >= 0.6 is 0 Å². The summed E-state index contributed by atoms with van der Waals surface area (Å²) in [6.07, 6.45) is 5.65. The molecule has 0 saturated carbocycles. The topological polar surface area (TPSA) is 114 Å². The van der Waals surface area contributed by atoms with Crippen molar-refractivity contribution in [2.45, 2.75) is 25.3 Å². The number of carbonyl (C=O) groups excluding carboxylic acids is 1. The molecule has 0 aliphatic carbocycles. The first kappa shape index (κ1) is 22.0. The highest BCUT2D eigenvalue weighted by Gasteiger charge is 2.19. The SMILES string of the molecule is COc1ccc(C=Cc2ccc(NC(=O)N[C@@H](CCCCN)C(=O)O)cc2)cc1. The molecule has 2 rings (SSSR count). The third kappa shape index (κ3) is 7.67. The highest BCUT2D eigenvalue weighted by Crippen LogP contribution is 2.15. The van der Waals surface area contributed by atoms with Crippen molar-refractivity contribution < 1.29 is 19.4 Å². The van der Waals surface area contributed by atoms with Gasteiger partial charge in [-0.15, -0.1) is 0 Å². The zero-order valence-corrected chi connectivity index (χ0v) is 16.4. The molecule has 0 aromatic heterocycles. The molecule has 0 spiro atoms. The van der Waals surface area contributed by atoms with Crippen LogP contribution in [0.15, 0.2) is 48.5 Å². The van der Waals surface area contributed by atoms with Gasteiger partial charge in [0.15, 0.2) is 0 Å². The van der Waals surface area contributed by atoms with E-state index >= 15 is 0 Å². The summed E-state index contributed by atoms with van der Waals surface area (Å²) in [5, 5.41) is 14.4. The van der Waals surface area contributed by atoms with Gasteiger partial charge in [-0.25, -0.2) is 9.59 Å². The lowest BCUT2D eigenvalue weighted by Crippen LogP contribution is -2.43. The number of nitrogens with two attached hydrogens (primary N) is 1. The van der Waals surface area contributed by atoms with E-state index in [4.69, 9.17) is 10.5 Å². The predicted octanol–water partition coefficient (Wildman–Crippen LogP) is 3.57. The van der Waals surface area contributed by atoms with Gasteiger partial charge in [-0.05, 0) is 61.2 Å². The van der Waals surface area contributed by atoms with Crippen molar-refractivity contribution in [2.24, 2.45) is 5.73 Å². The average Bonchev–Trinajstić information content (AvgIpc) is 2.73. The Labute approximate surface area is 170 Å². The summed E-state index contributed by atoms with van der Waals surface area (Å²) < 4.78 is 5.14. The van der Waals surface area contributed by atoms with Crippen LogP contribution in [-0.2, 0) is 4.79 Å². The number of hydrogen-bond donors (Lipinski definition) is 4. The van der Waals surface area contributed by atoms with Crippen LogP contribution in [0.4, 0.5) is 10.5 Å². The van der Waals surface area contributed by atoms with E-state index in [1.807, 2.05) is 48.6 Å². The number of rotatable bonds is 10. The van der Waals surface area contributed by atoms with Gasteiger partial charge in [0, 0.05) is 5.69 Å². The second-order valence-corrected chi connectivity index (χ2v) is 6.50. The lowest BCUT2D eigenvalue weighted by atomic mass is 10.1. The maximum atomic E-state index is 12.1. The van der Waals surface area contributed by atoms with Gasteiger partial charge in [0.05, 0.1) is 7.11 Å². The number of urea groups is 1. The Morgan fingerprint density at radius 3 is 2.14 bits per heavy atom. The van der Waals surface area contributed by atoms with Crippen molar-refractivity contribution in [3.05, 3.63) is 59.7 Å². The van der Waals surface area contributed by atoms with Crippen LogP contribution in [0.1, 0.15) is 30.4 Å². The fraction of sp³-hybridized carbons (Fsp3) is 0.273. The van der Waals surface area contributed by atoms with Crippen LogP contribution in [-0.4, -0.2) is 36.8 Å². The molecule has 1 atom stereocenters. The number of hydrogen-bond acceptors (Lipinski definition) is 4. The molecule has 5 N–H and O–H groups in total. The Hall–Kier alpha value is -3.32. The van der Waals surface area contributed by atoms with Crippen LogP contribution in [0.3, 0.4) is 0 Å². The van der Waals surface area contributed by atoms with E-state index in [1.54, 1.807) is 19.2 Å². The molecule has 2 aromatic rings. The molecule has 29 heavy (non-hydrogen) atoms. The normalized spacial score (nSPS) is 11.8. The fourth-order valence-electron chi connectivity index (χ4n) is 2.66. The van der Waals surface area contributed by atoms with Gasteiger partial charge in [-0.2, -0.15) is 0 Å². The van der Waals surface area contributed by atoms with Crippen LogP contribution in [0.25, 0.3) is 12.2 Å². The Morgan fingerprint density at radius 1 is 1.03 bits per heavy atom. The summed E-state index contributed by atoms with van der Waals surface area (Å²) in [7, 11) is 1.63. The molecular weight excluding hydrogens is 370 g/mol. The molecule has 2 aromatic carbocycles. The Bertz CT molecular complexity index is 817. The molecule has 0 unspecified atom stereocenters. The van der Waals surface area contributed by atoms with Gasteiger partial charge < -0.3 is 26.2 Å². The van der Waals surface area contributed by atoms with Crippen LogP contribution in [0.2, 0.25) is 0 Å². The molecule has 7 heteroatoms. The third-order valence-electron chi connectivity index (χ3n) is 4.30. The number of carbonyl (C=O) groups is 2. The number of amides is 2. The summed E-state index contributed by atoms with van der Waals surface area (Å²) in [6, 6.07) is 13.5. The molecular formula is C22H27N3O4. The van der Waals surface area contributed by atoms with E-state index in [2.05, 4.69) is 10.6 Å². The summed E-state index contributed by atoms with van der Waals surface area (Å²) in [5.41, 5.74) is 8.01. The summed E-state index contributed by atoms with van der Waals surface area (Å²) in [6.45, 7) is 0.498. The third-order valence-corrected chi connectivity index (χ3v) is 4.30. The molecule has 0 aliphatic heterocycles. The van der Waals surface area contributed by atoms with Crippen LogP contribution in [0, 0.1) is 0 Å². The monoisotopic (exact) mass is 397 g/mol. The number of anilines is 1. The Morgan fingerprint density at radius 2 is 1.62 bits per heavy atom. The van der Waals surface area contributed by atoms with E-state index in [9.17, 15) is 14.7 Å². The zero-order valence-electron chi connectivity index (χ0n) is 16.4. The first-order chi connectivity index (χ1) is 14.0. The van der Waals surface area contributed by atoms with E-state index in [0.29, 0.717) is 25.1 Å². The number of unbranched alkanes of at least 4 members (excludes halogenated alkanes) is 1. The molecule has 7 nitrogen and oxygen atoms in total. The smallest absolute Gasteiger partial charge is 0.326 e. The fourth-order valence-corrected chi connectivity index (χ4v) is 2.66. The van der Waals surface area contributed by atoms with Crippen LogP contribution in [0.5, 0.6) is 5.75 Å². The number of methoxy groups -OCH3 is 1. The maximum Gasteiger partial charge on any atom is 0.326 e. The highest BCUT2D eigenvalue weighted by molar-refractivity contribution is 5.92. The molecule has 0 bridgehead atoms. The molecule has 0 radical (unpaired) electrons. The minimum absolute atomic E-state index is 0.342. The van der Waals surface area contributed by atoms with Crippen molar-refractivity contribution in [2.75, 3.05) is 19.0 Å². The lowest BCUT2D eigenvalue weighted by molar-refractivity contribution is -0.139. The van der Waals surface area contributed by atoms with Crippen LogP contribution < -0.4 is 21.1 Å². The van der Waals surface area contributed by atoms with E-state index in [1.165, 1.54) is 0 Å². The van der Waals surface area contributed by atoms with Gasteiger partial charge in [-0.3, -0.25) is 0 Å². The summed E-state index contributed by atoms with van der Waals surface area (Å²) in [4.78, 5) is 23.3. The van der Waals surface area contributed by atoms with Gasteiger partial charge in [0.25, 0.3) is 0 Å². The molecule has 0 saturated heterocycles. The van der Waals surface area contributed by atoms with Crippen molar-refractivity contribution in [1.29, 1.82) is 0 Å². The molecule has 0 aliphatic rings. The Kier molecular flexibility index (Phi) is 8.72. The quantitative estimate of drug-likeness (QED) is 0.361. The number of carboxylic acids is 1. The molecule has 0 heterocycles.